The Kier molecular flexibility index (Phi) is 6.36. The van der Waals surface area contributed by atoms with Crippen LogP contribution in [-0.4, -0.2) is 67.8 Å². The molecule has 1 rings (SSSR count). The highest BCUT2D eigenvalue weighted by Crippen LogP contribution is 2.12. The zero-order chi connectivity index (χ0) is 14.3. The number of nitrogens with two attached hydrogens (primary N) is 1. The van der Waals surface area contributed by atoms with Crippen LogP contribution in [0.2, 0.25) is 0 Å². The second-order valence-corrected chi connectivity index (χ2v) is 4.60. The highest BCUT2D eigenvalue weighted by atomic mass is 19.4. The SMILES string of the molecule is NCCCN1CCCN(C(=O)NCC(F)(F)F)CC1. The Morgan fingerprint density at radius 3 is 2.58 bits per heavy atom. The zero-order valence-corrected chi connectivity index (χ0v) is 10.9. The van der Waals surface area contributed by atoms with Crippen LogP contribution < -0.4 is 11.1 Å². The summed E-state index contributed by atoms with van der Waals surface area (Å²) in [6.45, 7) is 2.68. The second-order valence-electron chi connectivity index (χ2n) is 4.60. The fourth-order valence-corrected chi connectivity index (χ4v) is 2.00. The van der Waals surface area contributed by atoms with Gasteiger partial charge in [-0.3, -0.25) is 0 Å². The number of nitrogens with zero attached hydrogens (tertiary/aromatic N) is 2. The standard InChI is InChI=1S/C11H21F3N4O/c12-11(13,14)9-16-10(19)18-6-2-5-17(7-8-18)4-1-3-15/h1-9,15H2,(H,16,19). The van der Waals surface area contributed by atoms with Crippen LogP contribution in [0.4, 0.5) is 18.0 Å². The van der Waals surface area contributed by atoms with Gasteiger partial charge in [0.05, 0.1) is 0 Å². The summed E-state index contributed by atoms with van der Waals surface area (Å²) in [6, 6.07) is -0.641. The molecule has 1 heterocycles. The summed E-state index contributed by atoms with van der Waals surface area (Å²) in [6.07, 6.45) is -2.71. The van der Waals surface area contributed by atoms with Crippen LogP contribution in [0.25, 0.3) is 0 Å². The third-order valence-corrected chi connectivity index (χ3v) is 2.99. The minimum absolute atomic E-state index is 0.453. The van der Waals surface area contributed by atoms with Gasteiger partial charge in [-0.25, -0.2) is 4.79 Å². The topological polar surface area (TPSA) is 61.6 Å². The van der Waals surface area contributed by atoms with Crippen molar-refractivity contribution in [1.29, 1.82) is 0 Å². The number of nitrogens with one attached hydrogen (secondary N) is 1. The Labute approximate surface area is 110 Å². The van der Waals surface area contributed by atoms with E-state index in [2.05, 4.69) is 4.90 Å². The van der Waals surface area contributed by atoms with Crippen LogP contribution in [0.1, 0.15) is 12.8 Å². The molecule has 0 radical (unpaired) electrons. The molecule has 3 N–H and O–H groups in total. The normalized spacial score (nSPS) is 18.2. The fraction of sp³-hybridized carbons (Fsp3) is 0.909. The van der Waals surface area contributed by atoms with E-state index in [0.717, 1.165) is 25.9 Å². The van der Waals surface area contributed by atoms with E-state index in [1.807, 2.05) is 5.32 Å². The van der Waals surface area contributed by atoms with Gasteiger partial charge in [0.25, 0.3) is 0 Å². The van der Waals surface area contributed by atoms with Gasteiger partial charge in [0.2, 0.25) is 0 Å². The smallest absolute Gasteiger partial charge is 0.330 e. The molecule has 1 saturated heterocycles. The second kappa shape index (κ2) is 7.54. The molecule has 0 spiro atoms. The summed E-state index contributed by atoms with van der Waals surface area (Å²) in [5.74, 6) is 0. The average molecular weight is 282 g/mol. The maximum atomic E-state index is 12.0. The summed E-state index contributed by atoms with van der Waals surface area (Å²) >= 11 is 0. The lowest BCUT2D eigenvalue weighted by atomic mass is 10.3. The average Bonchev–Trinajstić information content (AvgIpc) is 2.58. The molecule has 1 aliphatic rings. The van der Waals surface area contributed by atoms with Crippen molar-refractivity contribution >= 4 is 6.03 Å². The molecular weight excluding hydrogens is 261 g/mol. The fourth-order valence-electron chi connectivity index (χ4n) is 2.00. The van der Waals surface area contributed by atoms with E-state index < -0.39 is 18.8 Å². The highest BCUT2D eigenvalue weighted by Gasteiger charge is 2.29. The number of amides is 2. The molecule has 0 bridgehead atoms. The number of hydrogen-bond donors (Lipinski definition) is 2. The maximum absolute atomic E-state index is 12.0. The van der Waals surface area contributed by atoms with Gasteiger partial charge < -0.3 is 20.9 Å². The molecule has 0 atom stereocenters. The largest absolute Gasteiger partial charge is 0.405 e. The van der Waals surface area contributed by atoms with Gasteiger partial charge in [0, 0.05) is 19.6 Å². The predicted octanol–water partition coefficient (Wildman–Crippen LogP) is 0.615. The number of halogens is 3. The molecule has 1 aliphatic heterocycles. The summed E-state index contributed by atoms with van der Waals surface area (Å²) in [4.78, 5) is 15.2. The van der Waals surface area contributed by atoms with Gasteiger partial charge in [0.1, 0.15) is 6.54 Å². The molecule has 1 fully saturated rings. The molecule has 0 aliphatic carbocycles. The van der Waals surface area contributed by atoms with Crippen molar-refractivity contribution in [2.75, 3.05) is 45.8 Å². The summed E-state index contributed by atoms with van der Waals surface area (Å²) < 4.78 is 36.0. The molecule has 0 aromatic heterocycles. The molecule has 2 amide bonds. The van der Waals surface area contributed by atoms with E-state index >= 15 is 0 Å². The van der Waals surface area contributed by atoms with Gasteiger partial charge >= 0.3 is 12.2 Å². The Hall–Kier alpha value is -1.02. The molecule has 0 aromatic rings. The Bertz CT molecular complexity index is 286. The van der Waals surface area contributed by atoms with Gasteiger partial charge in [-0.1, -0.05) is 0 Å². The monoisotopic (exact) mass is 282 g/mol. The molecule has 0 unspecified atom stereocenters. The Morgan fingerprint density at radius 1 is 1.21 bits per heavy atom. The lowest BCUT2D eigenvalue weighted by Crippen LogP contribution is -2.45. The lowest BCUT2D eigenvalue weighted by molar-refractivity contribution is -0.123. The van der Waals surface area contributed by atoms with Crippen molar-refractivity contribution in [2.24, 2.45) is 5.73 Å². The van der Waals surface area contributed by atoms with E-state index in [9.17, 15) is 18.0 Å². The summed E-state index contributed by atoms with van der Waals surface area (Å²) in [5, 5.41) is 1.90. The van der Waals surface area contributed by atoms with E-state index in [4.69, 9.17) is 5.73 Å². The van der Waals surface area contributed by atoms with Gasteiger partial charge in [-0.05, 0) is 32.5 Å². The summed E-state index contributed by atoms with van der Waals surface area (Å²) in [7, 11) is 0. The number of hydrogen-bond acceptors (Lipinski definition) is 3. The van der Waals surface area contributed by atoms with Crippen LogP contribution in [0.3, 0.4) is 0 Å². The molecule has 19 heavy (non-hydrogen) atoms. The van der Waals surface area contributed by atoms with Crippen molar-refractivity contribution < 1.29 is 18.0 Å². The Morgan fingerprint density at radius 2 is 1.95 bits per heavy atom. The van der Waals surface area contributed by atoms with Crippen LogP contribution in [0.15, 0.2) is 0 Å². The van der Waals surface area contributed by atoms with Crippen LogP contribution in [0, 0.1) is 0 Å². The van der Waals surface area contributed by atoms with E-state index in [1.54, 1.807) is 0 Å². The lowest BCUT2D eigenvalue weighted by Gasteiger charge is -2.22. The Balaban J connectivity index is 2.33. The van der Waals surface area contributed by atoms with Crippen molar-refractivity contribution in [3.8, 4) is 0 Å². The van der Waals surface area contributed by atoms with Crippen molar-refractivity contribution in [1.82, 2.24) is 15.1 Å². The molecule has 5 nitrogen and oxygen atoms in total. The minimum atomic E-state index is -4.37. The first-order valence-electron chi connectivity index (χ1n) is 6.44. The minimum Gasteiger partial charge on any atom is -0.330 e. The predicted molar refractivity (Wildman–Crippen MR) is 65.8 cm³/mol. The van der Waals surface area contributed by atoms with Crippen LogP contribution in [0.5, 0.6) is 0 Å². The third kappa shape index (κ3) is 6.63. The molecule has 0 saturated carbocycles. The van der Waals surface area contributed by atoms with Crippen LogP contribution in [-0.2, 0) is 0 Å². The molecule has 112 valence electrons. The van der Waals surface area contributed by atoms with Gasteiger partial charge in [0.15, 0.2) is 0 Å². The molecule has 8 heteroatoms. The van der Waals surface area contributed by atoms with E-state index in [0.29, 0.717) is 26.2 Å². The van der Waals surface area contributed by atoms with Crippen molar-refractivity contribution in [3.63, 3.8) is 0 Å². The van der Waals surface area contributed by atoms with Gasteiger partial charge in [-0.2, -0.15) is 13.2 Å². The highest BCUT2D eigenvalue weighted by molar-refractivity contribution is 5.74. The number of alkyl halides is 3. The van der Waals surface area contributed by atoms with Crippen molar-refractivity contribution in [3.05, 3.63) is 0 Å². The maximum Gasteiger partial charge on any atom is 0.405 e. The van der Waals surface area contributed by atoms with Crippen LogP contribution >= 0.6 is 0 Å². The number of rotatable bonds is 4. The third-order valence-electron chi connectivity index (χ3n) is 2.99. The number of carbonyl (C=O) groups excluding carboxylic acids is 1. The van der Waals surface area contributed by atoms with E-state index in [1.165, 1.54) is 4.90 Å². The van der Waals surface area contributed by atoms with Gasteiger partial charge in [-0.15, -0.1) is 0 Å². The van der Waals surface area contributed by atoms with E-state index in [-0.39, 0.29) is 0 Å². The summed E-state index contributed by atoms with van der Waals surface area (Å²) in [5.41, 5.74) is 5.43. The first-order valence-corrected chi connectivity index (χ1v) is 6.44. The number of urea groups is 1. The van der Waals surface area contributed by atoms with Crippen molar-refractivity contribution in [2.45, 2.75) is 19.0 Å². The molecule has 0 aromatic carbocycles. The first-order chi connectivity index (χ1) is 8.92. The molecular formula is C11H21F3N4O. The zero-order valence-electron chi connectivity index (χ0n) is 10.9. The quantitative estimate of drug-likeness (QED) is 0.794. The number of carbonyl (C=O) groups is 1. The first kappa shape index (κ1) is 16.0.